The molecule has 72 valence electrons. The second kappa shape index (κ2) is 4.53. The lowest BCUT2D eigenvalue weighted by atomic mass is 9.99. The molecule has 1 aliphatic heterocycles. The van der Waals surface area contributed by atoms with Crippen molar-refractivity contribution in [2.45, 2.75) is 17.7 Å². The summed E-state index contributed by atoms with van der Waals surface area (Å²) in [5.74, 6) is 0.597. The van der Waals surface area contributed by atoms with Crippen molar-refractivity contribution in [1.82, 2.24) is 4.98 Å². The first-order chi connectivity index (χ1) is 6.36. The average molecular weight is 262 g/mol. The van der Waals surface area contributed by atoms with Gasteiger partial charge in [-0.2, -0.15) is 0 Å². The standard InChI is InChI=1S/C9H12BrNOS/c10-8-1-3-12-6-7(8)5-9-11-2-4-13-9/h2,4,7-8H,1,3,5-6H2. The van der Waals surface area contributed by atoms with E-state index >= 15 is 0 Å². The van der Waals surface area contributed by atoms with Gasteiger partial charge < -0.3 is 4.74 Å². The minimum Gasteiger partial charge on any atom is -0.381 e. The molecule has 0 amide bonds. The van der Waals surface area contributed by atoms with Crippen LogP contribution in [0.2, 0.25) is 0 Å². The molecule has 2 nitrogen and oxygen atoms in total. The zero-order valence-electron chi connectivity index (χ0n) is 7.28. The minimum absolute atomic E-state index is 0.597. The second-order valence-corrected chi connectivity index (χ2v) is 5.42. The first-order valence-electron chi connectivity index (χ1n) is 4.46. The van der Waals surface area contributed by atoms with E-state index in [9.17, 15) is 0 Å². The fraction of sp³-hybridized carbons (Fsp3) is 0.667. The van der Waals surface area contributed by atoms with Crippen molar-refractivity contribution in [2.24, 2.45) is 5.92 Å². The van der Waals surface area contributed by atoms with Crippen LogP contribution in [0.3, 0.4) is 0 Å². The van der Waals surface area contributed by atoms with Gasteiger partial charge in [-0.3, -0.25) is 0 Å². The Morgan fingerprint density at radius 2 is 2.62 bits per heavy atom. The van der Waals surface area contributed by atoms with E-state index in [1.54, 1.807) is 11.3 Å². The Bertz CT molecular complexity index is 252. The summed E-state index contributed by atoms with van der Waals surface area (Å²) in [6.07, 6.45) is 4.04. The molecule has 0 aromatic carbocycles. The van der Waals surface area contributed by atoms with Gasteiger partial charge in [0, 0.05) is 35.3 Å². The van der Waals surface area contributed by atoms with Crippen LogP contribution in [0, 0.1) is 5.92 Å². The molecule has 1 fully saturated rings. The minimum atomic E-state index is 0.597. The normalized spacial score (nSPS) is 29.0. The van der Waals surface area contributed by atoms with Crippen LogP contribution in [-0.4, -0.2) is 23.0 Å². The van der Waals surface area contributed by atoms with Crippen LogP contribution in [0.15, 0.2) is 11.6 Å². The van der Waals surface area contributed by atoms with E-state index in [0.717, 1.165) is 26.1 Å². The van der Waals surface area contributed by atoms with Crippen molar-refractivity contribution in [3.63, 3.8) is 0 Å². The molecule has 0 aliphatic carbocycles. The molecular formula is C9H12BrNOS. The summed E-state index contributed by atoms with van der Waals surface area (Å²) in [6, 6.07) is 0. The highest BCUT2D eigenvalue weighted by atomic mass is 79.9. The lowest BCUT2D eigenvalue weighted by Gasteiger charge is -2.26. The third-order valence-corrected chi connectivity index (χ3v) is 4.31. The molecule has 2 unspecified atom stereocenters. The molecule has 2 rings (SSSR count). The van der Waals surface area contributed by atoms with Gasteiger partial charge in [-0.25, -0.2) is 4.98 Å². The summed E-state index contributed by atoms with van der Waals surface area (Å²) in [4.78, 5) is 4.89. The number of halogens is 1. The third kappa shape index (κ3) is 2.51. The maximum atomic E-state index is 5.45. The van der Waals surface area contributed by atoms with Gasteiger partial charge in [0.15, 0.2) is 0 Å². The van der Waals surface area contributed by atoms with Crippen LogP contribution in [0.4, 0.5) is 0 Å². The zero-order chi connectivity index (χ0) is 9.10. The number of aromatic nitrogens is 1. The summed E-state index contributed by atoms with van der Waals surface area (Å²) in [7, 11) is 0. The number of hydrogen-bond acceptors (Lipinski definition) is 3. The molecule has 1 aromatic rings. The largest absolute Gasteiger partial charge is 0.381 e. The molecule has 2 heterocycles. The number of hydrogen-bond donors (Lipinski definition) is 0. The first kappa shape index (κ1) is 9.62. The number of thiazole rings is 1. The van der Waals surface area contributed by atoms with E-state index in [-0.39, 0.29) is 0 Å². The quantitative estimate of drug-likeness (QED) is 0.764. The Morgan fingerprint density at radius 1 is 1.69 bits per heavy atom. The maximum absolute atomic E-state index is 5.45. The molecule has 0 saturated carbocycles. The van der Waals surface area contributed by atoms with Crippen molar-refractivity contribution in [3.8, 4) is 0 Å². The molecule has 0 bridgehead atoms. The fourth-order valence-electron chi connectivity index (χ4n) is 1.54. The van der Waals surface area contributed by atoms with Crippen molar-refractivity contribution < 1.29 is 4.74 Å². The van der Waals surface area contributed by atoms with E-state index in [4.69, 9.17) is 4.74 Å². The van der Waals surface area contributed by atoms with Gasteiger partial charge in [0.25, 0.3) is 0 Å². The molecule has 0 N–H and O–H groups in total. The molecule has 1 aliphatic rings. The van der Waals surface area contributed by atoms with Gasteiger partial charge in [0.1, 0.15) is 0 Å². The van der Waals surface area contributed by atoms with Gasteiger partial charge in [0.2, 0.25) is 0 Å². The molecule has 0 spiro atoms. The Hall–Kier alpha value is 0.0700. The summed E-state index contributed by atoms with van der Waals surface area (Å²) < 4.78 is 5.45. The van der Waals surface area contributed by atoms with Gasteiger partial charge in [-0.05, 0) is 6.42 Å². The maximum Gasteiger partial charge on any atom is 0.0928 e. The van der Waals surface area contributed by atoms with Crippen LogP contribution >= 0.6 is 27.3 Å². The van der Waals surface area contributed by atoms with Gasteiger partial charge in [0.05, 0.1) is 11.6 Å². The molecule has 0 radical (unpaired) electrons. The Kier molecular flexibility index (Phi) is 3.35. The zero-order valence-corrected chi connectivity index (χ0v) is 9.68. The van der Waals surface area contributed by atoms with Gasteiger partial charge in [-0.1, -0.05) is 15.9 Å². The van der Waals surface area contributed by atoms with Crippen molar-refractivity contribution in [1.29, 1.82) is 0 Å². The Morgan fingerprint density at radius 3 is 3.31 bits per heavy atom. The SMILES string of the molecule is BrC1CCOCC1Cc1nccs1. The summed E-state index contributed by atoms with van der Waals surface area (Å²) in [5.41, 5.74) is 0. The summed E-state index contributed by atoms with van der Waals surface area (Å²) >= 11 is 5.43. The Labute approximate surface area is 90.5 Å². The first-order valence-corrected chi connectivity index (χ1v) is 6.26. The van der Waals surface area contributed by atoms with E-state index in [1.807, 2.05) is 11.6 Å². The number of nitrogens with zero attached hydrogens (tertiary/aromatic N) is 1. The molecular weight excluding hydrogens is 250 g/mol. The van der Waals surface area contributed by atoms with E-state index in [2.05, 4.69) is 20.9 Å². The Balaban J connectivity index is 1.93. The van der Waals surface area contributed by atoms with E-state index < -0.39 is 0 Å². The third-order valence-electron chi connectivity index (χ3n) is 2.30. The predicted molar refractivity (Wildman–Crippen MR) is 57.5 cm³/mol. The molecule has 1 saturated heterocycles. The molecule has 2 atom stereocenters. The predicted octanol–water partition coefficient (Wildman–Crippen LogP) is 2.49. The number of alkyl halides is 1. The highest BCUT2D eigenvalue weighted by Gasteiger charge is 2.24. The van der Waals surface area contributed by atoms with Crippen molar-refractivity contribution >= 4 is 27.3 Å². The summed E-state index contributed by atoms with van der Waals surface area (Å²) in [5, 5.41) is 3.25. The topological polar surface area (TPSA) is 22.1 Å². The van der Waals surface area contributed by atoms with E-state index in [0.29, 0.717) is 10.7 Å². The highest BCUT2D eigenvalue weighted by Crippen LogP contribution is 2.25. The van der Waals surface area contributed by atoms with Gasteiger partial charge >= 0.3 is 0 Å². The summed E-state index contributed by atoms with van der Waals surface area (Å²) in [6.45, 7) is 1.76. The van der Waals surface area contributed by atoms with Crippen LogP contribution in [0.25, 0.3) is 0 Å². The smallest absolute Gasteiger partial charge is 0.0928 e. The lowest BCUT2D eigenvalue weighted by Crippen LogP contribution is -2.29. The number of rotatable bonds is 2. The average Bonchev–Trinajstić information content (AvgIpc) is 2.61. The van der Waals surface area contributed by atoms with Crippen LogP contribution in [0.1, 0.15) is 11.4 Å². The monoisotopic (exact) mass is 261 g/mol. The van der Waals surface area contributed by atoms with Crippen LogP contribution in [0.5, 0.6) is 0 Å². The lowest BCUT2D eigenvalue weighted by molar-refractivity contribution is 0.0605. The van der Waals surface area contributed by atoms with Crippen molar-refractivity contribution in [2.75, 3.05) is 13.2 Å². The highest BCUT2D eigenvalue weighted by molar-refractivity contribution is 9.09. The van der Waals surface area contributed by atoms with Crippen molar-refractivity contribution in [3.05, 3.63) is 16.6 Å². The number of ether oxygens (including phenoxy) is 1. The van der Waals surface area contributed by atoms with Crippen LogP contribution in [-0.2, 0) is 11.2 Å². The van der Waals surface area contributed by atoms with Gasteiger partial charge in [-0.15, -0.1) is 11.3 Å². The van der Waals surface area contributed by atoms with Crippen LogP contribution < -0.4 is 0 Å². The molecule has 13 heavy (non-hydrogen) atoms. The second-order valence-electron chi connectivity index (χ2n) is 3.27. The molecule has 4 heteroatoms. The molecule has 1 aromatic heterocycles. The fourth-order valence-corrected chi connectivity index (χ4v) is 2.77. The van der Waals surface area contributed by atoms with E-state index in [1.165, 1.54) is 5.01 Å².